The normalized spacial score (nSPS) is 14.6. The summed E-state index contributed by atoms with van der Waals surface area (Å²) in [4.78, 5) is 12.0. The number of carbonyl (C=O) groups is 1. The Morgan fingerprint density at radius 1 is 1.07 bits per heavy atom. The molecule has 3 rings (SSSR count). The van der Waals surface area contributed by atoms with Crippen molar-refractivity contribution in [3.63, 3.8) is 0 Å². The molecule has 1 N–H and O–H groups in total. The van der Waals surface area contributed by atoms with E-state index in [9.17, 15) is 17.6 Å². The molecule has 1 amide bonds. The zero-order valence-electron chi connectivity index (χ0n) is 16.3. The number of carbonyl (C=O) groups excluding carboxylic acids is 1. The molecule has 156 valence electrons. The van der Waals surface area contributed by atoms with Crippen LogP contribution in [-0.4, -0.2) is 45.9 Å². The SMILES string of the molecule is COc1ccc(CNC(=O)c2ccc(F)c(S(=O)(=O)N3CCCC3)c2)cc1OC. The Kier molecular flexibility index (Phi) is 6.39. The zero-order valence-corrected chi connectivity index (χ0v) is 17.1. The fourth-order valence-corrected chi connectivity index (χ4v) is 4.79. The van der Waals surface area contributed by atoms with E-state index < -0.39 is 26.6 Å². The third-order valence-corrected chi connectivity index (χ3v) is 6.69. The van der Waals surface area contributed by atoms with E-state index >= 15 is 0 Å². The van der Waals surface area contributed by atoms with E-state index in [2.05, 4.69) is 5.32 Å². The average Bonchev–Trinajstić information content (AvgIpc) is 3.27. The van der Waals surface area contributed by atoms with Crippen LogP contribution in [0.1, 0.15) is 28.8 Å². The lowest BCUT2D eigenvalue weighted by atomic mass is 10.1. The zero-order chi connectivity index (χ0) is 21.0. The summed E-state index contributed by atoms with van der Waals surface area (Å²) in [5.41, 5.74) is 0.840. The highest BCUT2D eigenvalue weighted by Crippen LogP contribution is 2.28. The number of hydrogen-bond acceptors (Lipinski definition) is 5. The van der Waals surface area contributed by atoms with Crippen LogP contribution >= 0.6 is 0 Å². The first-order valence-corrected chi connectivity index (χ1v) is 10.6. The highest BCUT2D eigenvalue weighted by molar-refractivity contribution is 7.89. The molecule has 0 aromatic heterocycles. The second-order valence-electron chi connectivity index (χ2n) is 6.63. The van der Waals surface area contributed by atoms with Crippen molar-refractivity contribution in [1.82, 2.24) is 9.62 Å². The van der Waals surface area contributed by atoms with E-state index in [1.54, 1.807) is 18.2 Å². The number of amides is 1. The number of rotatable bonds is 7. The predicted molar refractivity (Wildman–Crippen MR) is 105 cm³/mol. The smallest absolute Gasteiger partial charge is 0.251 e. The second kappa shape index (κ2) is 8.79. The molecule has 1 saturated heterocycles. The number of sulfonamides is 1. The number of nitrogens with one attached hydrogen (secondary N) is 1. The topological polar surface area (TPSA) is 84.9 Å². The number of hydrogen-bond donors (Lipinski definition) is 1. The van der Waals surface area contributed by atoms with Crippen LogP contribution in [0.3, 0.4) is 0 Å². The first kappa shape index (κ1) is 21.1. The fraction of sp³-hybridized carbons (Fsp3) is 0.350. The molecule has 0 bridgehead atoms. The summed E-state index contributed by atoms with van der Waals surface area (Å²) in [6.45, 7) is 0.903. The van der Waals surface area contributed by atoms with Crippen LogP contribution < -0.4 is 14.8 Å². The van der Waals surface area contributed by atoms with Gasteiger partial charge in [-0.15, -0.1) is 0 Å². The van der Waals surface area contributed by atoms with Crippen LogP contribution in [0.25, 0.3) is 0 Å². The Bertz CT molecular complexity index is 1000. The van der Waals surface area contributed by atoms with Gasteiger partial charge in [-0.1, -0.05) is 6.07 Å². The first-order valence-electron chi connectivity index (χ1n) is 9.15. The molecule has 1 fully saturated rings. The molecule has 1 aliphatic rings. The molecule has 2 aromatic carbocycles. The van der Waals surface area contributed by atoms with Crippen molar-refractivity contribution in [1.29, 1.82) is 0 Å². The number of benzene rings is 2. The first-order chi connectivity index (χ1) is 13.9. The summed E-state index contributed by atoms with van der Waals surface area (Å²) >= 11 is 0. The minimum atomic E-state index is -3.96. The molecule has 9 heteroatoms. The van der Waals surface area contributed by atoms with Crippen LogP contribution in [0, 0.1) is 5.82 Å². The van der Waals surface area contributed by atoms with Crippen molar-refractivity contribution in [3.05, 3.63) is 53.3 Å². The summed E-state index contributed by atoms with van der Waals surface area (Å²) in [6.07, 6.45) is 1.48. The van der Waals surface area contributed by atoms with Crippen molar-refractivity contribution in [3.8, 4) is 11.5 Å². The van der Waals surface area contributed by atoms with Gasteiger partial charge in [0.15, 0.2) is 11.5 Å². The minimum Gasteiger partial charge on any atom is -0.493 e. The lowest BCUT2D eigenvalue weighted by Gasteiger charge is -2.16. The maximum atomic E-state index is 14.2. The minimum absolute atomic E-state index is 0.0737. The lowest BCUT2D eigenvalue weighted by molar-refractivity contribution is 0.0950. The quantitative estimate of drug-likeness (QED) is 0.741. The van der Waals surface area contributed by atoms with Gasteiger partial charge >= 0.3 is 0 Å². The van der Waals surface area contributed by atoms with Crippen LogP contribution in [0.5, 0.6) is 11.5 Å². The number of halogens is 1. The summed E-state index contributed by atoms with van der Waals surface area (Å²) in [5.74, 6) is -0.274. The van der Waals surface area contributed by atoms with Crippen molar-refractivity contribution >= 4 is 15.9 Å². The highest BCUT2D eigenvalue weighted by Gasteiger charge is 2.30. The molecule has 0 atom stereocenters. The molecule has 29 heavy (non-hydrogen) atoms. The number of nitrogens with zero attached hydrogens (tertiary/aromatic N) is 1. The molecule has 0 aliphatic carbocycles. The van der Waals surface area contributed by atoms with Crippen LogP contribution in [0.15, 0.2) is 41.3 Å². The van der Waals surface area contributed by atoms with Gasteiger partial charge in [0, 0.05) is 25.2 Å². The molecular weight excluding hydrogens is 399 g/mol. The molecular formula is C20H23FN2O5S. The molecule has 1 heterocycles. The Balaban J connectivity index is 1.76. The van der Waals surface area contributed by atoms with E-state index in [1.807, 2.05) is 0 Å². The van der Waals surface area contributed by atoms with Crippen molar-refractivity contribution in [2.75, 3.05) is 27.3 Å². The number of ether oxygens (including phenoxy) is 2. The summed E-state index contributed by atoms with van der Waals surface area (Å²) in [5, 5.41) is 2.71. The molecule has 0 radical (unpaired) electrons. The molecule has 7 nitrogen and oxygen atoms in total. The van der Waals surface area contributed by atoms with Crippen LogP contribution in [0.4, 0.5) is 4.39 Å². The van der Waals surface area contributed by atoms with E-state index in [0.29, 0.717) is 24.6 Å². The van der Waals surface area contributed by atoms with E-state index in [0.717, 1.165) is 30.5 Å². The summed E-state index contributed by atoms with van der Waals surface area (Å²) in [6, 6.07) is 8.59. The van der Waals surface area contributed by atoms with Gasteiger partial charge in [0.1, 0.15) is 10.7 Å². The Labute approximate surface area is 169 Å². The lowest BCUT2D eigenvalue weighted by Crippen LogP contribution is -2.29. The third-order valence-electron chi connectivity index (χ3n) is 4.78. The largest absolute Gasteiger partial charge is 0.493 e. The monoisotopic (exact) mass is 422 g/mol. The maximum Gasteiger partial charge on any atom is 0.251 e. The van der Waals surface area contributed by atoms with E-state index in [4.69, 9.17) is 9.47 Å². The molecule has 2 aromatic rings. The van der Waals surface area contributed by atoms with Crippen molar-refractivity contribution < 1.29 is 27.1 Å². The van der Waals surface area contributed by atoms with Crippen LogP contribution in [-0.2, 0) is 16.6 Å². The van der Waals surface area contributed by atoms with Gasteiger partial charge in [0.05, 0.1) is 14.2 Å². The van der Waals surface area contributed by atoms with Gasteiger partial charge in [0.2, 0.25) is 10.0 Å². The van der Waals surface area contributed by atoms with E-state index in [1.165, 1.54) is 24.6 Å². The molecule has 0 spiro atoms. The number of methoxy groups -OCH3 is 2. The Morgan fingerprint density at radius 2 is 1.76 bits per heavy atom. The van der Waals surface area contributed by atoms with Crippen molar-refractivity contribution in [2.45, 2.75) is 24.3 Å². The van der Waals surface area contributed by atoms with Gasteiger partial charge in [-0.25, -0.2) is 12.8 Å². The van der Waals surface area contributed by atoms with Gasteiger partial charge < -0.3 is 14.8 Å². The average molecular weight is 422 g/mol. The fourth-order valence-electron chi connectivity index (χ4n) is 3.18. The van der Waals surface area contributed by atoms with Gasteiger partial charge in [-0.05, 0) is 48.7 Å². The molecule has 0 saturated carbocycles. The molecule has 0 unspecified atom stereocenters. The maximum absolute atomic E-state index is 14.2. The van der Waals surface area contributed by atoms with Crippen LogP contribution in [0.2, 0.25) is 0 Å². The van der Waals surface area contributed by atoms with Gasteiger partial charge in [-0.3, -0.25) is 4.79 Å². The van der Waals surface area contributed by atoms with Crippen molar-refractivity contribution in [2.24, 2.45) is 0 Å². The van der Waals surface area contributed by atoms with E-state index in [-0.39, 0.29) is 12.1 Å². The summed E-state index contributed by atoms with van der Waals surface area (Å²) in [7, 11) is -0.917. The highest BCUT2D eigenvalue weighted by atomic mass is 32.2. The standard InChI is InChI=1S/C20H23FN2O5S/c1-27-17-8-5-14(11-18(17)28-2)13-22-20(24)15-6-7-16(21)19(12-15)29(25,26)23-9-3-4-10-23/h5-8,11-12H,3-4,9-10,13H2,1-2H3,(H,22,24). The van der Waals surface area contributed by atoms with Gasteiger partial charge in [0.25, 0.3) is 5.91 Å². The Hall–Kier alpha value is -2.65. The predicted octanol–water partition coefficient (Wildman–Crippen LogP) is 2.56. The second-order valence-corrected chi connectivity index (χ2v) is 8.53. The van der Waals surface area contributed by atoms with Gasteiger partial charge in [-0.2, -0.15) is 4.31 Å². The third kappa shape index (κ3) is 4.51. The Morgan fingerprint density at radius 3 is 2.41 bits per heavy atom. The summed E-state index contributed by atoms with van der Waals surface area (Å²) < 4.78 is 51.2. The molecule has 1 aliphatic heterocycles.